The zero-order valence-electron chi connectivity index (χ0n) is 11.7. The second-order valence-corrected chi connectivity index (χ2v) is 5.37. The molecular formula is C18H14FNO. The molecule has 0 aliphatic carbocycles. The Kier molecular flexibility index (Phi) is 2.67. The van der Waals surface area contributed by atoms with Crippen molar-refractivity contribution in [1.29, 1.82) is 0 Å². The molecule has 3 heteroatoms. The van der Waals surface area contributed by atoms with Crippen LogP contribution in [-0.4, -0.2) is 11.6 Å². The first kappa shape index (κ1) is 12.3. The smallest absolute Gasteiger partial charge is 0.123 e. The average molecular weight is 279 g/mol. The van der Waals surface area contributed by atoms with Crippen molar-refractivity contribution < 1.29 is 9.13 Å². The van der Waals surface area contributed by atoms with Crippen LogP contribution >= 0.6 is 0 Å². The van der Waals surface area contributed by atoms with Crippen molar-refractivity contribution in [3.05, 3.63) is 59.4 Å². The van der Waals surface area contributed by atoms with Crippen LogP contribution < -0.4 is 4.74 Å². The maximum Gasteiger partial charge on any atom is 0.123 e. The fourth-order valence-electron chi connectivity index (χ4n) is 3.00. The molecule has 2 nitrogen and oxygen atoms in total. The molecule has 1 aliphatic rings. The normalized spacial score (nSPS) is 13.2. The highest BCUT2D eigenvalue weighted by molar-refractivity contribution is 5.90. The van der Waals surface area contributed by atoms with Gasteiger partial charge in [-0.2, -0.15) is 0 Å². The van der Waals surface area contributed by atoms with E-state index in [4.69, 9.17) is 9.72 Å². The minimum Gasteiger partial charge on any atom is -0.493 e. The number of aromatic nitrogens is 1. The lowest BCUT2D eigenvalue weighted by Gasteiger charge is -2.10. The quantitative estimate of drug-likeness (QED) is 0.663. The lowest BCUT2D eigenvalue weighted by atomic mass is 9.99. The van der Waals surface area contributed by atoms with Crippen LogP contribution in [0.2, 0.25) is 0 Å². The number of fused-ring (bicyclic) bond motifs is 3. The number of aryl methyl sites for hydroxylation is 1. The Balaban J connectivity index is 1.94. The molecule has 0 saturated carbocycles. The second kappa shape index (κ2) is 4.55. The van der Waals surface area contributed by atoms with Gasteiger partial charge in [-0.1, -0.05) is 0 Å². The van der Waals surface area contributed by atoms with Crippen LogP contribution in [0.25, 0.3) is 22.2 Å². The van der Waals surface area contributed by atoms with Crippen molar-refractivity contribution in [2.45, 2.75) is 13.3 Å². The number of hydrogen-bond donors (Lipinski definition) is 0. The highest BCUT2D eigenvalue weighted by Gasteiger charge is 2.17. The second-order valence-electron chi connectivity index (χ2n) is 5.37. The van der Waals surface area contributed by atoms with E-state index in [0.717, 1.165) is 35.6 Å². The summed E-state index contributed by atoms with van der Waals surface area (Å²) in [6.45, 7) is 2.84. The zero-order chi connectivity index (χ0) is 14.4. The molecule has 0 fully saturated rings. The van der Waals surface area contributed by atoms with Gasteiger partial charge in [0.1, 0.15) is 11.6 Å². The number of pyridine rings is 1. The fourth-order valence-corrected chi connectivity index (χ4v) is 3.00. The highest BCUT2D eigenvalue weighted by atomic mass is 19.1. The highest BCUT2D eigenvalue weighted by Crippen LogP contribution is 2.35. The van der Waals surface area contributed by atoms with Gasteiger partial charge in [-0.15, -0.1) is 0 Å². The third-order valence-corrected chi connectivity index (χ3v) is 3.99. The van der Waals surface area contributed by atoms with Crippen LogP contribution in [0.5, 0.6) is 5.75 Å². The minimum atomic E-state index is -0.230. The SMILES string of the molecule is Cc1cc(-c2ccc(F)cc2)nc2ccc3c(c12)CCO3. The van der Waals surface area contributed by atoms with E-state index >= 15 is 0 Å². The number of benzene rings is 2. The van der Waals surface area contributed by atoms with E-state index in [1.165, 1.54) is 28.6 Å². The maximum absolute atomic E-state index is 13.1. The van der Waals surface area contributed by atoms with Gasteiger partial charge in [0, 0.05) is 22.9 Å². The summed E-state index contributed by atoms with van der Waals surface area (Å²) in [6.07, 6.45) is 0.936. The van der Waals surface area contributed by atoms with Crippen LogP contribution in [0.1, 0.15) is 11.1 Å². The minimum absolute atomic E-state index is 0.230. The van der Waals surface area contributed by atoms with Gasteiger partial charge >= 0.3 is 0 Å². The molecular weight excluding hydrogens is 265 g/mol. The van der Waals surface area contributed by atoms with Crippen molar-refractivity contribution >= 4 is 10.9 Å². The van der Waals surface area contributed by atoms with Crippen LogP contribution in [0, 0.1) is 12.7 Å². The van der Waals surface area contributed by atoms with Gasteiger partial charge in [-0.25, -0.2) is 9.37 Å². The topological polar surface area (TPSA) is 22.1 Å². The van der Waals surface area contributed by atoms with Crippen molar-refractivity contribution in [2.75, 3.05) is 6.61 Å². The van der Waals surface area contributed by atoms with Crippen molar-refractivity contribution in [3.8, 4) is 17.0 Å². The molecule has 0 N–H and O–H groups in total. The largest absolute Gasteiger partial charge is 0.493 e. The molecule has 104 valence electrons. The first-order valence-electron chi connectivity index (χ1n) is 7.04. The van der Waals surface area contributed by atoms with Gasteiger partial charge < -0.3 is 4.74 Å². The Bertz CT molecular complexity index is 840. The summed E-state index contributed by atoms with van der Waals surface area (Å²) >= 11 is 0. The third kappa shape index (κ3) is 1.97. The van der Waals surface area contributed by atoms with Gasteiger partial charge in [0.05, 0.1) is 17.8 Å². The molecule has 0 saturated heterocycles. The lowest BCUT2D eigenvalue weighted by Crippen LogP contribution is -1.92. The molecule has 1 aliphatic heterocycles. The molecule has 0 spiro atoms. The molecule has 0 amide bonds. The Morgan fingerprint density at radius 3 is 2.71 bits per heavy atom. The molecule has 0 atom stereocenters. The summed E-state index contributed by atoms with van der Waals surface area (Å²) in [5.74, 6) is 0.744. The van der Waals surface area contributed by atoms with E-state index in [1.54, 1.807) is 12.1 Å². The lowest BCUT2D eigenvalue weighted by molar-refractivity contribution is 0.357. The fraction of sp³-hybridized carbons (Fsp3) is 0.167. The van der Waals surface area contributed by atoms with Crippen molar-refractivity contribution in [2.24, 2.45) is 0 Å². The van der Waals surface area contributed by atoms with E-state index < -0.39 is 0 Å². The van der Waals surface area contributed by atoms with Crippen LogP contribution in [0.3, 0.4) is 0 Å². The van der Waals surface area contributed by atoms with Crippen LogP contribution in [-0.2, 0) is 6.42 Å². The van der Waals surface area contributed by atoms with E-state index in [-0.39, 0.29) is 5.82 Å². The number of hydrogen-bond acceptors (Lipinski definition) is 2. The molecule has 1 aromatic heterocycles. The van der Waals surface area contributed by atoms with Gasteiger partial charge in [-0.05, 0) is 55.0 Å². The maximum atomic E-state index is 13.1. The number of halogens is 1. The van der Waals surface area contributed by atoms with Crippen LogP contribution in [0.4, 0.5) is 4.39 Å². The molecule has 0 bridgehead atoms. The molecule has 0 unspecified atom stereocenters. The first-order chi connectivity index (χ1) is 10.2. The zero-order valence-corrected chi connectivity index (χ0v) is 11.7. The van der Waals surface area contributed by atoms with E-state index in [1.807, 2.05) is 12.1 Å². The van der Waals surface area contributed by atoms with Crippen molar-refractivity contribution in [1.82, 2.24) is 4.98 Å². The van der Waals surface area contributed by atoms with Crippen molar-refractivity contribution in [3.63, 3.8) is 0 Å². The third-order valence-electron chi connectivity index (χ3n) is 3.99. The Morgan fingerprint density at radius 1 is 1.10 bits per heavy atom. The molecule has 3 aromatic rings. The molecule has 4 rings (SSSR count). The van der Waals surface area contributed by atoms with Gasteiger partial charge in [-0.3, -0.25) is 0 Å². The van der Waals surface area contributed by atoms with E-state index in [9.17, 15) is 4.39 Å². The molecule has 21 heavy (non-hydrogen) atoms. The van der Waals surface area contributed by atoms with E-state index in [0.29, 0.717) is 0 Å². The summed E-state index contributed by atoms with van der Waals surface area (Å²) in [6, 6.07) is 12.5. The van der Waals surface area contributed by atoms with E-state index in [2.05, 4.69) is 13.0 Å². The summed E-state index contributed by atoms with van der Waals surface area (Å²) in [5, 5.41) is 1.19. The number of ether oxygens (including phenoxy) is 1. The van der Waals surface area contributed by atoms with Gasteiger partial charge in [0.15, 0.2) is 0 Å². The van der Waals surface area contributed by atoms with Gasteiger partial charge in [0.25, 0.3) is 0 Å². The Labute approximate surface area is 122 Å². The van der Waals surface area contributed by atoms with Crippen LogP contribution in [0.15, 0.2) is 42.5 Å². The Hall–Kier alpha value is -2.42. The molecule has 2 aromatic carbocycles. The Morgan fingerprint density at radius 2 is 1.90 bits per heavy atom. The van der Waals surface area contributed by atoms with Gasteiger partial charge in [0.2, 0.25) is 0 Å². The standard InChI is InChI=1S/C18H14FNO/c1-11-10-16(12-2-4-13(19)5-3-12)20-15-6-7-17-14(18(11)15)8-9-21-17/h2-7,10H,8-9H2,1H3. The number of rotatable bonds is 1. The number of nitrogens with zero attached hydrogens (tertiary/aromatic N) is 1. The molecule has 0 radical (unpaired) electrons. The average Bonchev–Trinajstić information content (AvgIpc) is 2.96. The summed E-state index contributed by atoms with van der Waals surface area (Å²) in [5.41, 5.74) is 5.21. The monoisotopic (exact) mass is 279 g/mol. The summed E-state index contributed by atoms with van der Waals surface area (Å²) in [4.78, 5) is 4.74. The predicted octanol–water partition coefficient (Wildman–Crippen LogP) is 4.28. The molecule has 2 heterocycles. The first-order valence-corrected chi connectivity index (χ1v) is 7.04. The summed E-state index contributed by atoms with van der Waals surface area (Å²) in [7, 11) is 0. The summed E-state index contributed by atoms with van der Waals surface area (Å²) < 4.78 is 18.7. The predicted molar refractivity (Wildman–Crippen MR) is 81.1 cm³/mol.